The molecule has 2 aromatic carbocycles. The molecule has 0 bridgehead atoms. The number of hydrogen-bond acceptors (Lipinski definition) is 6. The van der Waals surface area contributed by atoms with Crippen molar-refractivity contribution in [2.75, 3.05) is 19.0 Å². The van der Waals surface area contributed by atoms with E-state index in [9.17, 15) is 20.0 Å². The molecule has 0 radical (unpaired) electrons. The number of nitrogens with zero attached hydrogens (tertiary/aromatic N) is 1. The lowest BCUT2D eigenvalue weighted by atomic mass is 10.1. The molecule has 0 aliphatic heterocycles. The molecule has 2 aromatic rings. The van der Waals surface area contributed by atoms with Crippen molar-refractivity contribution in [2.45, 2.75) is 0 Å². The van der Waals surface area contributed by atoms with Crippen LogP contribution in [0.15, 0.2) is 46.4 Å². The Hall–Kier alpha value is -3.02. The van der Waals surface area contributed by atoms with Crippen molar-refractivity contribution in [1.82, 2.24) is 0 Å². The second-order valence-electron chi connectivity index (χ2n) is 5.32. The summed E-state index contributed by atoms with van der Waals surface area (Å²) in [4.78, 5) is 22.9. The Bertz CT molecular complexity index is 968. The largest absolute Gasteiger partial charge is 0.546 e. The molecule has 1 N–H and O–H groups in total. The van der Waals surface area contributed by atoms with E-state index in [1.807, 2.05) is 6.07 Å². The Morgan fingerprint density at radius 1 is 1.29 bits per heavy atom. The van der Waals surface area contributed by atoms with Crippen LogP contribution in [0.1, 0.15) is 5.56 Å². The normalized spacial score (nSPS) is 10.7. The number of anilines is 1. The molecule has 1 amide bonds. The van der Waals surface area contributed by atoms with Crippen LogP contribution in [-0.2, 0) is 9.59 Å². The first-order valence-corrected chi connectivity index (χ1v) is 8.90. The fraction of sp³-hybridized carbons (Fsp3) is 0.105. The van der Waals surface area contributed by atoms with Gasteiger partial charge in [-0.25, -0.2) is 0 Å². The number of nitrogens with one attached hydrogen (secondary N) is 1. The van der Waals surface area contributed by atoms with Crippen LogP contribution in [0.2, 0.25) is 5.02 Å². The van der Waals surface area contributed by atoms with Crippen LogP contribution in [0.5, 0.6) is 11.5 Å². The molecule has 0 aliphatic carbocycles. The lowest BCUT2D eigenvalue weighted by Crippen LogP contribution is -2.29. The maximum atomic E-state index is 12.4. The second kappa shape index (κ2) is 9.78. The minimum atomic E-state index is -1.38. The molecule has 0 atom stereocenters. The van der Waals surface area contributed by atoms with Gasteiger partial charge in [0.05, 0.1) is 13.1 Å². The van der Waals surface area contributed by atoms with Crippen molar-refractivity contribution in [3.8, 4) is 17.6 Å². The van der Waals surface area contributed by atoms with E-state index in [4.69, 9.17) is 21.1 Å². The topological polar surface area (TPSA) is 111 Å². The van der Waals surface area contributed by atoms with Crippen molar-refractivity contribution >= 4 is 51.2 Å². The lowest BCUT2D eigenvalue weighted by Gasteiger charge is -2.13. The zero-order valence-electron chi connectivity index (χ0n) is 14.5. The summed E-state index contributed by atoms with van der Waals surface area (Å²) >= 11 is 9.10. The first-order chi connectivity index (χ1) is 13.3. The highest BCUT2D eigenvalue weighted by molar-refractivity contribution is 9.10. The van der Waals surface area contributed by atoms with E-state index in [-0.39, 0.29) is 17.1 Å². The van der Waals surface area contributed by atoms with Gasteiger partial charge in [-0.2, -0.15) is 5.26 Å². The van der Waals surface area contributed by atoms with Gasteiger partial charge in [-0.1, -0.05) is 27.5 Å². The van der Waals surface area contributed by atoms with Crippen LogP contribution in [0.4, 0.5) is 5.69 Å². The number of carbonyl (C=O) groups is 2. The first kappa shape index (κ1) is 21.3. The number of carboxylic acids is 1. The van der Waals surface area contributed by atoms with Crippen LogP contribution < -0.4 is 19.9 Å². The van der Waals surface area contributed by atoms with Crippen molar-refractivity contribution in [2.24, 2.45) is 0 Å². The zero-order valence-corrected chi connectivity index (χ0v) is 16.8. The van der Waals surface area contributed by atoms with Crippen LogP contribution in [0, 0.1) is 11.3 Å². The molecule has 2 rings (SSSR count). The third kappa shape index (κ3) is 5.74. The van der Waals surface area contributed by atoms with Gasteiger partial charge < -0.3 is 24.7 Å². The Labute approximate surface area is 174 Å². The summed E-state index contributed by atoms with van der Waals surface area (Å²) < 4.78 is 10.7. The molecule has 0 saturated heterocycles. The summed E-state index contributed by atoms with van der Waals surface area (Å²) in [7, 11) is 1.38. The monoisotopic (exact) mass is 463 g/mol. The predicted molar refractivity (Wildman–Crippen MR) is 105 cm³/mol. The number of methoxy groups -OCH3 is 1. The Morgan fingerprint density at radius 3 is 2.54 bits per heavy atom. The molecule has 144 valence electrons. The number of carbonyl (C=O) groups excluding carboxylic acids is 2. The van der Waals surface area contributed by atoms with E-state index >= 15 is 0 Å². The fourth-order valence-electron chi connectivity index (χ4n) is 2.11. The second-order valence-corrected chi connectivity index (χ2v) is 6.61. The van der Waals surface area contributed by atoms with E-state index in [1.54, 1.807) is 24.3 Å². The highest BCUT2D eigenvalue weighted by atomic mass is 79.9. The third-order valence-electron chi connectivity index (χ3n) is 3.40. The summed E-state index contributed by atoms with van der Waals surface area (Å²) in [6, 6.07) is 11.3. The number of ether oxygens (including phenoxy) is 2. The van der Waals surface area contributed by atoms with Gasteiger partial charge >= 0.3 is 0 Å². The summed E-state index contributed by atoms with van der Waals surface area (Å²) in [6.45, 7) is -0.648. The van der Waals surface area contributed by atoms with E-state index in [0.29, 0.717) is 20.7 Å². The van der Waals surface area contributed by atoms with E-state index in [1.165, 1.54) is 25.3 Å². The number of halogens is 2. The molecule has 0 spiro atoms. The van der Waals surface area contributed by atoms with E-state index in [2.05, 4.69) is 21.2 Å². The molecule has 9 heteroatoms. The molecular formula is C19H13BrClN2O5-. The van der Waals surface area contributed by atoms with Crippen molar-refractivity contribution < 1.29 is 24.2 Å². The van der Waals surface area contributed by atoms with Gasteiger partial charge in [-0.15, -0.1) is 0 Å². The molecule has 28 heavy (non-hydrogen) atoms. The smallest absolute Gasteiger partial charge is 0.266 e. The summed E-state index contributed by atoms with van der Waals surface area (Å²) in [5.74, 6) is -1.59. The first-order valence-electron chi connectivity index (χ1n) is 7.73. The Kier molecular flexibility index (Phi) is 7.44. The standard InChI is InChI=1S/C19H14BrClN2O5/c1-27-16-7-11(15(20)8-17(16)28-10-18(24)25)6-12(9-22)19(26)23-14-4-2-13(21)3-5-14/h2-8H,10H2,1H3,(H,23,26)(H,24,25)/p-1/b12-6+. The number of nitriles is 1. The van der Waals surface area contributed by atoms with Crippen LogP contribution >= 0.6 is 27.5 Å². The van der Waals surface area contributed by atoms with Crippen molar-refractivity contribution in [3.05, 3.63) is 57.0 Å². The van der Waals surface area contributed by atoms with Gasteiger partial charge in [0.15, 0.2) is 11.5 Å². The predicted octanol–water partition coefficient (Wildman–Crippen LogP) is 2.79. The average molecular weight is 465 g/mol. The molecule has 0 aliphatic rings. The number of rotatable bonds is 7. The van der Waals surface area contributed by atoms with Gasteiger partial charge in [0.1, 0.15) is 18.2 Å². The van der Waals surface area contributed by atoms with Gasteiger partial charge in [0.25, 0.3) is 5.91 Å². The molecule has 0 aromatic heterocycles. The average Bonchev–Trinajstić information content (AvgIpc) is 2.67. The minimum absolute atomic E-state index is 0.152. The molecule has 0 fully saturated rings. The number of amides is 1. The van der Waals surface area contributed by atoms with Gasteiger partial charge in [-0.05, 0) is 48.0 Å². The highest BCUT2D eigenvalue weighted by Crippen LogP contribution is 2.34. The molecular weight excluding hydrogens is 452 g/mol. The summed E-state index contributed by atoms with van der Waals surface area (Å²) in [6.07, 6.45) is 1.36. The third-order valence-corrected chi connectivity index (χ3v) is 4.33. The Morgan fingerprint density at radius 2 is 1.96 bits per heavy atom. The summed E-state index contributed by atoms with van der Waals surface area (Å²) in [5.41, 5.74) is 0.791. The van der Waals surface area contributed by atoms with Crippen molar-refractivity contribution in [1.29, 1.82) is 5.26 Å². The van der Waals surface area contributed by atoms with Gasteiger partial charge in [0, 0.05) is 15.2 Å². The van der Waals surface area contributed by atoms with Crippen LogP contribution in [0.25, 0.3) is 6.08 Å². The summed E-state index contributed by atoms with van der Waals surface area (Å²) in [5, 5.41) is 23.0. The SMILES string of the molecule is COc1cc(/C=C(\C#N)C(=O)Nc2ccc(Cl)cc2)c(Br)cc1OCC(=O)[O-]. The number of benzene rings is 2. The van der Waals surface area contributed by atoms with Crippen LogP contribution in [0.3, 0.4) is 0 Å². The van der Waals surface area contributed by atoms with Gasteiger partial charge in [0.2, 0.25) is 0 Å². The zero-order chi connectivity index (χ0) is 20.7. The van der Waals surface area contributed by atoms with Crippen molar-refractivity contribution in [3.63, 3.8) is 0 Å². The lowest BCUT2D eigenvalue weighted by molar-refractivity contribution is -0.307. The van der Waals surface area contributed by atoms with E-state index < -0.39 is 18.5 Å². The molecule has 0 heterocycles. The molecule has 0 unspecified atom stereocenters. The maximum Gasteiger partial charge on any atom is 0.266 e. The molecule has 0 saturated carbocycles. The van der Waals surface area contributed by atoms with Crippen LogP contribution in [-0.4, -0.2) is 25.6 Å². The number of carboxylic acid groups (broad SMARTS) is 1. The van der Waals surface area contributed by atoms with Gasteiger partial charge in [-0.3, -0.25) is 4.79 Å². The quantitative estimate of drug-likeness (QED) is 0.498. The number of aliphatic carboxylic acids is 1. The van der Waals surface area contributed by atoms with E-state index in [0.717, 1.165) is 0 Å². The maximum absolute atomic E-state index is 12.4. The highest BCUT2D eigenvalue weighted by Gasteiger charge is 2.14. The Balaban J connectivity index is 2.29. The minimum Gasteiger partial charge on any atom is -0.546 e. The fourth-order valence-corrected chi connectivity index (χ4v) is 2.67. The number of hydrogen-bond donors (Lipinski definition) is 1. The molecule has 7 nitrogen and oxygen atoms in total.